The molecule has 2 aromatic carbocycles. The number of hydrogen-bond donors (Lipinski definition) is 1. The summed E-state index contributed by atoms with van der Waals surface area (Å²) in [6.07, 6.45) is 1.50. The molecular weight excluding hydrogens is 397 g/mol. The van der Waals surface area contributed by atoms with Gasteiger partial charge < -0.3 is 14.7 Å². The van der Waals surface area contributed by atoms with Crippen molar-refractivity contribution < 1.29 is 23.8 Å². The summed E-state index contributed by atoms with van der Waals surface area (Å²) in [5.74, 6) is -2.19. The molecule has 150 valence electrons. The van der Waals surface area contributed by atoms with Crippen LogP contribution in [0.25, 0.3) is 5.76 Å². The van der Waals surface area contributed by atoms with Crippen LogP contribution in [0.1, 0.15) is 30.0 Å². The zero-order valence-electron chi connectivity index (χ0n) is 15.5. The van der Waals surface area contributed by atoms with Crippen LogP contribution in [-0.4, -0.2) is 41.0 Å². The standard InChI is InChI=1S/C22H19ClFNO4/c23-15-7-3-14(4-8-15)20(26)18-19(13-5-9-16(24)10-6-13)25(22(28)21(18)27)12-17-2-1-11-29-17/h3-10,17,19,26H,1-2,11-12H2/b20-18-. The second-order valence-electron chi connectivity index (χ2n) is 7.14. The number of amides is 1. The number of aliphatic hydroxyl groups is 1. The van der Waals surface area contributed by atoms with E-state index < -0.39 is 23.5 Å². The fourth-order valence-corrected chi connectivity index (χ4v) is 3.96. The summed E-state index contributed by atoms with van der Waals surface area (Å²) in [5.41, 5.74) is 0.887. The maximum Gasteiger partial charge on any atom is 0.295 e. The van der Waals surface area contributed by atoms with Crippen LogP contribution in [0, 0.1) is 5.82 Å². The minimum absolute atomic E-state index is 0.0260. The second-order valence-corrected chi connectivity index (χ2v) is 7.58. The van der Waals surface area contributed by atoms with Crippen LogP contribution >= 0.6 is 11.6 Å². The molecule has 1 N–H and O–H groups in total. The van der Waals surface area contributed by atoms with Crippen molar-refractivity contribution in [3.05, 3.63) is 76.1 Å². The molecule has 7 heteroatoms. The van der Waals surface area contributed by atoms with Gasteiger partial charge in [-0.25, -0.2) is 4.39 Å². The molecule has 0 spiro atoms. The van der Waals surface area contributed by atoms with Gasteiger partial charge in [-0.3, -0.25) is 9.59 Å². The second kappa shape index (κ2) is 7.97. The summed E-state index contributed by atoms with van der Waals surface area (Å²) in [4.78, 5) is 27.1. The van der Waals surface area contributed by atoms with E-state index in [4.69, 9.17) is 16.3 Å². The van der Waals surface area contributed by atoms with Gasteiger partial charge in [0.05, 0.1) is 17.7 Å². The van der Waals surface area contributed by atoms with Gasteiger partial charge >= 0.3 is 0 Å². The van der Waals surface area contributed by atoms with Crippen molar-refractivity contribution in [2.24, 2.45) is 0 Å². The number of nitrogens with zero attached hydrogens (tertiary/aromatic N) is 1. The molecule has 0 aliphatic carbocycles. The fraction of sp³-hybridized carbons (Fsp3) is 0.273. The number of aliphatic hydroxyl groups excluding tert-OH is 1. The van der Waals surface area contributed by atoms with E-state index in [1.807, 2.05) is 0 Å². The van der Waals surface area contributed by atoms with Crippen LogP contribution < -0.4 is 0 Å². The van der Waals surface area contributed by atoms with E-state index in [0.29, 0.717) is 22.8 Å². The predicted octanol–water partition coefficient (Wildman–Crippen LogP) is 4.08. The van der Waals surface area contributed by atoms with Crippen molar-refractivity contribution in [1.82, 2.24) is 4.90 Å². The zero-order chi connectivity index (χ0) is 20.5. The Hall–Kier alpha value is -2.70. The van der Waals surface area contributed by atoms with Crippen molar-refractivity contribution in [2.75, 3.05) is 13.2 Å². The predicted molar refractivity (Wildman–Crippen MR) is 106 cm³/mol. The van der Waals surface area contributed by atoms with Crippen LogP contribution in [0.15, 0.2) is 54.1 Å². The molecule has 2 heterocycles. The average molecular weight is 416 g/mol. The Morgan fingerprint density at radius 2 is 1.83 bits per heavy atom. The van der Waals surface area contributed by atoms with Crippen molar-refractivity contribution >= 4 is 29.1 Å². The fourth-order valence-electron chi connectivity index (χ4n) is 3.83. The Balaban J connectivity index is 1.81. The van der Waals surface area contributed by atoms with Crippen LogP contribution in [0.3, 0.4) is 0 Å². The van der Waals surface area contributed by atoms with Crippen LogP contribution in [0.4, 0.5) is 4.39 Å². The molecule has 1 amide bonds. The number of carbonyl (C=O) groups excluding carboxylic acids is 2. The molecule has 2 saturated heterocycles. The molecule has 2 aliphatic heterocycles. The number of ether oxygens (including phenoxy) is 1. The minimum atomic E-state index is -0.824. The van der Waals surface area contributed by atoms with E-state index in [9.17, 15) is 19.1 Å². The maximum atomic E-state index is 13.5. The highest BCUT2D eigenvalue weighted by molar-refractivity contribution is 6.46. The summed E-state index contributed by atoms with van der Waals surface area (Å²) >= 11 is 5.91. The lowest BCUT2D eigenvalue weighted by atomic mass is 9.95. The summed E-state index contributed by atoms with van der Waals surface area (Å²) in [6.45, 7) is 0.838. The van der Waals surface area contributed by atoms with Gasteiger partial charge in [-0.05, 0) is 54.8 Å². The molecular formula is C22H19ClFNO4. The van der Waals surface area contributed by atoms with Crippen molar-refractivity contribution in [1.29, 1.82) is 0 Å². The Kier molecular flexibility index (Phi) is 5.39. The Bertz CT molecular complexity index is 965. The first kappa shape index (κ1) is 19.6. The van der Waals surface area contributed by atoms with E-state index in [1.54, 1.807) is 24.3 Å². The molecule has 0 radical (unpaired) electrons. The maximum absolute atomic E-state index is 13.5. The van der Waals surface area contributed by atoms with E-state index in [0.717, 1.165) is 12.8 Å². The molecule has 2 fully saturated rings. The smallest absolute Gasteiger partial charge is 0.295 e. The minimum Gasteiger partial charge on any atom is -0.507 e. The van der Waals surface area contributed by atoms with Gasteiger partial charge in [-0.15, -0.1) is 0 Å². The van der Waals surface area contributed by atoms with Gasteiger partial charge in [0.1, 0.15) is 11.6 Å². The molecule has 2 atom stereocenters. The van der Waals surface area contributed by atoms with Gasteiger partial charge in [-0.2, -0.15) is 0 Å². The van der Waals surface area contributed by atoms with Gasteiger partial charge in [0.25, 0.3) is 11.7 Å². The molecule has 2 unspecified atom stereocenters. The third-order valence-electron chi connectivity index (χ3n) is 5.27. The molecule has 0 aromatic heterocycles. The molecule has 0 saturated carbocycles. The number of hydrogen-bond acceptors (Lipinski definition) is 4. The normalized spacial score (nSPS) is 23.7. The SMILES string of the molecule is O=C1C(=O)N(CC2CCCO2)C(c2ccc(F)cc2)/C1=C(/O)c1ccc(Cl)cc1. The molecule has 5 nitrogen and oxygen atoms in total. The zero-order valence-corrected chi connectivity index (χ0v) is 16.2. The number of ketones is 1. The molecule has 29 heavy (non-hydrogen) atoms. The van der Waals surface area contributed by atoms with Crippen molar-refractivity contribution in [3.8, 4) is 0 Å². The van der Waals surface area contributed by atoms with Crippen LogP contribution in [0.5, 0.6) is 0 Å². The van der Waals surface area contributed by atoms with Gasteiger partial charge in [0.2, 0.25) is 0 Å². The van der Waals surface area contributed by atoms with E-state index in [-0.39, 0.29) is 24.0 Å². The largest absolute Gasteiger partial charge is 0.507 e. The number of likely N-dealkylation sites (tertiary alicyclic amines) is 1. The number of halogens is 2. The lowest BCUT2D eigenvalue weighted by molar-refractivity contribution is -0.140. The Morgan fingerprint density at radius 3 is 2.45 bits per heavy atom. The number of benzene rings is 2. The summed E-state index contributed by atoms with van der Waals surface area (Å²) in [6, 6.07) is 11.1. The van der Waals surface area contributed by atoms with Gasteiger partial charge in [0.15, 0.2) is 0 Å². The number of carbonyl (C=O) groups is 2. The van der Waals surface area contributed by atoms with Crippen LogP contribution in [-0.2, 0) is 14.3 Å². The van der Waals surface area contributed by atoms with Gasteiger partial charge in [0, 0.05) is 23.7 Å². The molecule has 4 rings (SSSR count). The van der Waals surface area contributed by atoms with Crippen molar-refractivity contribution in [2.45, 2.75) is 25.0 Å². The van der Waals surface area contributed by atoms with E-state index >= 15 is 0 Å². The summed E-state index contributed by atoms with van der Waals surface area (Å²) < 4.78 is 19.1. The first-order chi connectivity index (χ1) is 14.0. The monoisotopic (exact) mass is 415 g/mol. The quantitative estimate of drug-likeness (QED) is 0.464. The summed E-state index contributed by atoms with van der Waals surface area (Å²) in [7, 11) is 0. The lowest BCUT2D eigenvalue weighted by Crippen LogP contribution is -2.36. The van der Waals surface area contributed by atoms with Crippen molar-refractivity contribution in [3.63, 3.8) is 0 Å². The molecule has 0 bridgehead atoms. The third-order valence-corrected chi connectivity index (χ3v) is 5.52. The Labute approximate surface area is 172 Å². The first-order valence-corrected chi connectivity index (χ1v) is 9.75. The van der Waals surface area contributed by atoms with Crippen LogP contribution in [0.2, 0.25) is 5.02 Å². The highest BCUT2D eigenvalue weighted by atomic mass is 35.5. The Morgan fingerprint density at radius 1 is 1.14 bits per heavy atom. The average Bonchev–Trinajstić information content (AvgIpc) is 3.31. The highest BCUT2D eigenvalue weighted by Gasteiger charge is 2.47. The first-order valence-electron chi connectivity index (χ1n) is 9.37. The van der Waals surface area contributed by atoms with Gasteiger partial charge in [-0.1, -0.05) is 23.7 Å². The van der Waals surface area contributed by atoms with E-state index in [2.05, 4.69) is 0 Å². The highest BCUT2D eigenvalue weighted by Crippen LogP contribution is 2.40. The molecule has 2 aromatic rings. The third kappa shape index (κ3) is 3.78. The summed E-state index contributed by atoms with van der Waals surface area (Å²) in [5, 5.41) is 11.4. The number of Topliss-reactive ketones (excluding diaryl/α,β-unsaturated/α-hetero) is 1. The van der Waals surface area contributed by atoms with E-state index in [1.165, 1.54) is 29.2 Å². The topological polar surface area (TPSA) is 66.8 Å². The molecule has 2 aliphatic rings. The number of rotatable bonds is 4. The lowest BCUT2D eigenvalue weighted by Gasteiger charge is -2.27.